The smallest absolute Gasteiger partial charge is 0.0945 e. The van der Waals surface area contributed by atoms with Crippen molar-refractivity contribution >= 4 is 38.6 Å². The number of aliphatic hydroxyl groups is 1. The molecule has 2 bridgehead atoms. The first-order valence-corrected chi connectivity index (χ1v) is 15.6. The van der Waals surface area contributed by atoms with Crippen LogP contribution in [0.1, 0.15) is 115 Å². The SMILES string of the molecule is C=C(C)CC.CC.CC.CC(C)O.CCC1C(C)=Nc2c3c4c(cccc4c4ccccc24)C(C)(CC)C1(C)N3. The van der Waals surface area contributed by atoms with E-state index in [2.05, 4.69) is 95.9 Å². The fourth-order valence-electron chi connectivity index (χ4n) is 6.00. The van der Waals surface area contributed by atoms with Gasteiger partial charge in [0, 0.05) is 33.9 Å². The quantitative estimate of drug-likeness (QED) is 0.253. The van der Waals surface area contributed by atoms with Crippen LogP contribution in [0.5, 0.6) is 0 Å². The van der Waals surface area contributed by atoms with E-state index in [1.165, 1.54) is 44.1 Å². The van der Waals surface area contributed by atoms with Crippen LogP contribution >= 0.6 is 0 Å². The summed E-state index contributed by atoms with van der Waals surface area (Å²) in [4.78, 5) is 5.25. The van der Waals surface area contributed by atoms with Gasteiger partial charge in [0.15, 0.2) is 0 Å². The van der Waals surface area contributed by atoms with E-state index in [0.29, 0.717) is 5.92 Å². The van der Waals surface area contributed by atoms with Crippen molar-refractivity contribution in [3.05, 3.63) is 60.2 Å². The largest absolute Gasteiger partial charge is 0.394 e. The first-order chi connectivity index (χ1) is 19.0. The Morgan fingerprint density at radius 3 is 1.93 bits per heavy atom. The van der Waals surface area contributed by atoms with Gasteiger partial charge < -0.3 is 10.4 Å². The molecule has 0 saturated carbocycles. The van der Waals surface area contributed by atoms with Crippen LogP contribution in [-0.2, 0) is 5.41 Å². The average Bonchev–Trinajstić information content (AvgIpc) is 3.06. The molecule has 2 aliphatic heterocycles. The zero-order valence-electron chi connectivity index (χ0n) is 27.9. The molecule has 3 unspecified atom stereocenters. The number of nitrogens with zero attached hydrogens (tertiary/aromatic N) is 1. The molecule has 0 amide bonds. The van der Waals surface area contributed by atoms with Crippen molar-refractivity contribution in [3.63, 3.8) is 0 Å². The minimum Gasteiger partial charge on any atom is -0.394 e. The van der Waals surface area contributed by atoms with Crippen molar-refractivity contribution in [2.75, 3.05) is 5.32 Å². The Morgan fingerprint density at radius 1 is 0.950 bits per heavy atom. The minimum absolute atomic E-state index is 0.0427. The standard InChI is InChI=1S/C25H28N2.C5H10.C3H8O.2C2H6/c1-6-19-15(3)26-22-18-12-9-8-11-16(18)17-13-10-14-20-21(17)23(22)27-25(19,5)24(20,4)7-2;1-4-5(2)3;1-3(2)4;2*1-2/h8-14,19,27H,6-7H2,1-5H3;2,4H2,1,3H3;3-4H,1-2H3;2*1-2H3. The van der Waals surface area contributed by atoms with E-state index in [-0.39, 0.29) is 17.1 Å². The lowest BCUT2D eigenvalue weighted by molar-refractivity contribution is 0.216. The molecule has 2 heterocycles. The van der Waals surface area contributed by atoms with Crippen molar-refractivity contribution in [2.24, 2.45) is 10.9 Å². The third-order valence-corrected chi connectivity index (χ3v) is 8.36. The van der Waals surface area contributed by atoms with Crippen LogP contribution in [0.4, 0.5) is 11.4 Å². The van der Waals surface area contributed by atoms with Gasteiger partial charge in [-0.15, -0.1) is 6.58 Å². The van der Waals surface area contributed by atoms with E-state index < -0.39 is 0 Å². The predicted octanol–water partition coefficient (Wildman–Crippen LogP) is 11.4. The first kappa shape index (κ1) is 35.4. The Morgan fingerprint density at radius 2 is 1.45 bits per heavy atom. The Kier molecular flexibility index (Phi) is 13.6. The predicted molar refractivity (Wildman–Crippen MR) is 183 cm³/mol. The Labute approximate surface area is 246 Å². The summed E-state index contributed by atoms with van der Waals surface area (Å²) < 4.78 is 0. The lowest BCUT2D eigenvalue weighted by atomic mass is 9.57. The molecule has 2 N–H and O–H groups in total. The van der Waals surface area contributed by atoms with E-state index in [1.54, 1.807) is 13.8 Å². The van der Waals surface area contributed by atoms with Gasteiger partial charge in [0.05, 0.1) is 16.9 Å². The van der Waals surface area contributed by atoms with Crippen LogP contribution in [-0.4, -0.2) is 22.5 Å². The lowest BCUT2D eigenvalue weighted by Gasteiger charge is -2.54. The van der Waals surface area contributed by atoms with Crippen LogP contribution in [0.25, 0.3) is 21.5 Å². The van der Waals surface area contributed by atoms with E-state index in [0.717, 1.165) is 24.9 Å². The van der Waals surface area contributed by atoms with Gasteiger partial charge in [0.2, 0.25) is 0 Å². The summed E-state index contributed by atoms with van der Waals surface area (Å²) in [7, 11) is 0. The highest BCUT2D eigenvalue weighted by Gasteiger charge is 2.54. The third-order valence-electron chi connectivity index (χ3n) is 8.36. The lowest BCUT2D eigenvalue weighted by Crippen LogP contribution is -2.60. The number of benzene rings is 3. The highest BCUT2D eigenvalue weighted by Crippen LogP contribution is 2.58. The molecule has 0 spiro atoms. The summed E-state index contributed by atoms with van der Waals surface area (Å²) in [5.41, 5.74) is 6.34. The van der Waals surface area contributed by atoms with Crippen molar-refractivity contribution < 1.29 is 5.11 Å². The second-order valence-corrected chi connectivity index (χ2v) is 11.1. The molecule has 3 aromatic rings. The van der Waals surface area contributed by atoms with Crippen LogP contribution in [0, 0.1) is 5.92 Å². The van der Waals surface area contributed by atoms with E-state index in [9.17, 15) is 0 Å². The molecule has 0 saturated heterocycles. The summed E-state index contributed by atoms with van der Waals surface area (Å²) >= 11 is 0. The number of fused-ring (bicyclic) bond motifs is 4. The number of hydrogen-bond donors (Lipinski definition) is 2. The summed E-state index contributed by atoms with van der Waals surface area (Å²) in [6.45, 7) is 31.0. The van der Waals surface area contributed by atoms with Gasteiger partial charge in [0.25, 0.3) is 0 Å². The van der Waals surface area contributed by atoms with Crippen molar-refractivity contribution in [3.8, 4) is 0 Å². The molecular formula is C37H58N2O. The van der Waals surface area contributed by atoms with Gasteiger partial charge in [-0.3, -0.25) is 4.99 Å². The molecule has 222 valence electrons. The van der Waals surface area contributed by atoms with E-state index in [1.807, 2.05) is 34.6 Å². The summed E-state index contributed by atoms with van der Waals surface area (Å²) in [5.74, 6) is 0.400. The van der Waals surface area contributed by atoms with Crippen molar-refractivity contribution in [1.29, 1.82) is 0 Å². The number of anilines is 1. The van der Waals surface area contributed by atoms with Crippen LogP contribution in [0.2, 0.25) is 0 Å². The monoisotopic (exact) mass is 546 g/mol. The Balaban J connectivity index is 0.000000527. The number of allylic oxidation sites excluding steroid dienone is 1. The molecule has 5 rings (SSSR count). The Hall–Kier alpha value is -2.65. The molecule has 40 heavy (non-hydrogen) atoms. The molecule has 3 heteroatoms. The molecule has 2 aliphatic rings. The van der Waals surface area contributed by atoms with Gasteiger partial charge in [-0.1, -0.05) is 103 Å². The minimum atomic E-state index is -0.167. The second-order valence-electron chi connectivity index (χ2n) is 11.1. The van der Waals surface area contributed by atoms with E-state index in [4.69, 9.17) is 10.1 Å². The van der Waals surface area contributed by atoms with Gasteiger partial charge in [-0.25, -0.2) is 0 Å². The molecule has 0 aromatic heterocycles. The maximum Gasteiger partial charge on any atom is 0.0945 e. The fraction of sp³-hybridized carbons (Fsp3) is 0.541. The normalized spacial score (nSPS) is 21.7. The van der Waals surface area contributed by atoms with Crippen molar-refractivity contribution in [1.82, 2.24) is 0 Å². The first-order valence-electron chi connectivity index (χ1n) is 15.6. The summed E-state index contributed by atoms with van der Waals surface area (Å²) in [5, 5.41) is 17.4. The fourth-order valence-corrected chi connectivity index (χ4v) is 6.00. The number of hydrogen-bond acceptors (Lipinski definition) is 3. The van der Waals surface area contributed by atoms with Gasteiger partial charge in [0.1, 0.15) is 0 Å². The highest BCUT2D eigenvalue weighted by atomic mass is 16.3. The molecule has 0 aliphatic carbocycles. The highest BCUT2D eigenvalue weighted by molar-refractivity contribution is 6.22. The molecule has 3 atom stereocenters. The molecular weight excluding hydrogens is 488 g/mol. The van der Waals surface area contributed by atoms with Gasteiger partial charge in [-0.2, -0.15) is 0 Å². The number of nitrogens with one attached hydrogen (secondary N) is 1. The topological polar surface area (TPSA) is 44.6 Å². The molecule has 0 fully saturated rings. The zero-order chi connectivity index (χ0) is 30.8. The van der Waals surface area contributed by atoms with Crippen molar-refractivity contribution in [2.45, 2.75) is 126 Å². The molecule has 3 nitrogen and oxygen atoms in total. The third kappa shape index (κ3) is 6.62. The molecule has 0 radical (unpaired) electrons. The van der Waals surface area contributed by atoms with Gasteiger partial charge in [-0.05, 0) is 70.2 Å². The van der Waals surface area contributed by atoms with Gasteiger partial charge >= 0.3 is 0 Å². The number of aliphatic imine (C=N–C) groups is 1. The van der Waals surface area contributed by atoms with Crippen LogP contribution in [0.15, 0.2) is 59.6 Å². The molecule has 3 aromatic carbocycles. The summed E-state index contributed by atoms with van der Waals surface area (Å²) in [6.07, 6.45) is 3.13. The Bertz CT molecular complexity index is 1290. The van der Waals surface area contributed by atoms with Crippen LogP contribution < -0.4 is 5.32 Å². The van der Waals surface area contributed by atoms with Crippen LogP contribution in [0.3, 0.4) is 0 Å². The maximum absolute atomic E-state index is 8.06. The number of rotatable bonds is 3. The average molecular weight is 547 g/mol. The maximum atomic E-state index is 8.06. The summed E-state index contributed by atoms with van der Waals surface area (Å²) in [6, 6.07) is 15.6. The number of aliphatic hydroxyl groups excluding tert-OH is 1. The second kappa shape index (κ2) is 15.4. The zero-order valence-corrected chi connectivity index (χ0v) is 27.9. The van der Waals surface area contributed by atoms with E-state index >= 15 is 0 Å².